The molecule has 1 aromatic heterocycles. The highest BCUT2D eigenvalue weighted by Gasteiger charge is 2.20. The van der Waals surface area contributed by atoms with Gasteiger partial charge in [0.25, 0.3) is 5.91 Å². The van der Waals surface area contributed by atoms with Crippen LogP contribution in [-0.4, -0.2) is 22.1 Å². The van der Waals surface area contributed by atoms with Gasteiger partial charge in [-0.2, -0.15) is 5.10 Å². The minimum atomic E-state index is -0.0255. The Morgan fingerprint density at radius 3 is 2.78 bits per heavy atom. The van der Waals surface area contributed by atoms with Gasteiger partial charge >= 0.3 is 0 Å². The molecule has 1 atom stereocenters. The molecule has 1 aliphatic rings. The quantitative estimate of drug-likeness (QED) is 0.865. The topological polar surface area (TPSA) is 57.8 Å². The highest BCUT2D eigenvalue weighted by atomic mass is 16.2. The van der Waals surface area contributed by atoms with Gasteiger partial charge in [0.2, 0.25) is 0 Å². The van der Waals surface area contributed by atoms with E-state index in [1.807, 2.05) is 6.92 Å². The predicted octanol–water partition coefficient (Wildman–Crippen LogP) is 2.60. The third-order valence-corrected chi connectivity index (χ3v) is 3.76. The Bertz CT molecular complexity index is 411. The van der Waals surface area contributed by atoms with E-state index < -0.39 is 0 Å². The molecule has 0 unspecified atom stereocenters. The monoisotopic (exact) mass is 249 g/mol. The molecule has 0 aromatic carbocycles. The standard InChI is InChI=1S/C14H23N3O/c1-3-10(2)15-14(18)13-11-8-6-4-5-7-9-12(11)16-17-13/h10H,3-9H2,1-2H3,(H,15,18)(H,16,17)/t10-/m0/s1. The van der Waals surface area contributed by atoms with Crippen LogP contribution in [0.4, 0.5) is 0 Å². The Morgan fingerprint density at radius 2 is 2.06 bits per heavy atom. The fraction of sp³-hybridized carbons (Fsp3) is 0.714. The summed E-state index contributed by atoms with van der Waals surface area (Å²) in [6.07, 6.45) is 7.86. The summed E-state index contributed by atoms with van der Waals surface area (Å²) in [6, 6.07) is 0.207. The van der Waals surface area contributed by atoms with Crippen LogP contribution in [0.2, 0.25) is 0 Å². The van der Waals surface area contributed by atoms with Crippen molar-refractivity contribution in [1.29, 1.82) is 0 Å². The van der Waals surface area contributed by atoms with E-state index in [0.29, 0.717) is 5.69 Å². The first-order valence-electron chi connectivity index (χ1n) is 7.09. The minimum Gasteiger partial charge on any atom is -0.348 e. The molecular formula is C14H23N3O. The van der Waals surface area contributed by atoms with Crippen LogP contribution in [0.25, 0.3) is 0 Å². The zero-order valence-corrected chi connectivity index (χ0v) is 11.4. The average molecular weight is 249 g/mol. The summed E-state index contributed by atoms with van der Waals surface area (Å²) < 4.78 is 0. The van der Waals surface area contributed by atoms with Crippen molar-refractivity contribution in [3.63, 3.8) is 0 Å². The van der Waals surface area contributed by atoms with Crippen LogP contribution >= 0.6 is 0 Å². The lowest BCUT2D eigenvalue weighted by molar-refractivity contribution is 0.0933. The molecule has 0 bridgehead atoms. The number of fused-ring (bicyclic) bond motifs is 1. The van der Waals surface area contributed by atoms with Crippen molar-refractivity contribution in [3.05, 3.63) is 17.0 Å². The smallest absolute Gasteiger partial charge is 0.272 e. The van der Waals surface area contributed by atoms with Gasteiger partial charge in [-0.1, -0.05) is 19.8 Å². The number of nitrogens with one attached hydrogen (secondary N) is 2. The number of aromatic amines is 1. The van der Waals surface area contributed by atoms with Gasteiger partial charge < -0.3 is 5.32 Å². The molecule has 0 aliphatic heterocycles. The Hall–Kier alpha value is -1.32. The lowest BCUT2D eigenvalue weighted by atomic mass is 9.97. The van der Waals surface area contributed by atoms with Crippen LogP contribution in [0, 0.1) is 0 Å². The third-order valence-electron chi connectivity index (χ3n) is 3.76. The fourth-order valence-corrected chi connectivity index (χ4v) is 2.42. The number of nitrogens with zero attached hydrogens (tertiary/aromatic N) is 1. The molecule has 1 aliphatic carbocycles. The Balaban J connectivity index is 2.15. The van der Waals surface area contributed by atoms with E-state index in [-0.39, 0.29) is 11.9 Å². The van der Waals surface area contributed by atoms with Crippen molar-refractivity contribution < 1.29 is 4.79 Å². The first-order valence-corrected chi connectivity index (χ1v) is 7.09. The van der Waals surface area contributed by atoms with Gasteiger partial charge in [-0.15, -0.1) is 0 Å². The molecule has 4 nitrogen and oxygen atoms in total. The summed E-state index contributed by atoms with van der Waals surface area (Å²) in [5.74, 6) is -0.0255. The molecule has 0 radical (unpaired) electrons. The molecule has 1 aromatic rings. The van der Waals surface area contributed by atoms with Gasteiger partial charge in [-0.25, -0.2) is 0 Å². The number of hydrogen-bond donors (Lipinski definition) is 2. The molecule has 0 fully saturated rings. The van der Waals surface area contributed by atoms with Gasteiger partial charge in [0, 0.05) is 17.3 Å². The zero-order valence-electron chi connectivity index (χ0n) is 11.4. The first kappa shape index (κ1) is 13.1. The second kappa shape index (κ2) is 6.03. The van der Waals surface area contributed by atoms with Crippen LogP contribution in [0.5, 0.6) is 0 Å². The maximum absolute atomic E-state index is 12.2. The van der Waals surface area contributed by atoms with Crippen molar-refractivity contribution in [2.75, 3.05) is 0 Å². The molecule has 18 heavy (non-hydrogen) atoms. The van der Waals surface area contributed by atoms with E-state index in [0.717, 1.165) is 31.2 Å². The fourth-order valence-electron chi connectivity index (χ4n) is 2.42. The molecule has 0 spiro atoms. The average Bonchev–Trinajstić information content (AvgIpc) is 2.71. The summed E-state index contributed by atoms with van der Waals surface area (Å²) in [5.41, 5.74) is 2.94. The lowest BCUT2D eigenvalue weighted by Crippen LogP contribution is -2.32. The third kappa shape index (κ3) is 2.92. The zero-order chi connectivity index (χ0) is 13.0. The van der Waals surface area contributed by atoms with E-state index in [1.54, 1.807) is 0 Å². The van der Waals surface area contributed by atoms with Gasteiger partial charge in [0.1, 0.15) is 0 Å². The van der Waals surface area contributed by atoms with Crippen LogP contribution in [-0.2, 0) is 12.8 Å². The highest BCUT2D eigenvalue weighted by molar-refractivity contribution is 5.94. The maximum Gasteiger partial charge on any atom is 0.272 e. The van der Waals surface area contributed by atoms with E-state index in [1.165, 1.54) is 25.0 Å². The number of H-pyrrole nitrogens is 1. The van der Waals surface area contributed by atoms with E-state index in [4.69, 9.17) is 0 Å². The highest BCUT2D eigenvalue weighted by Crippen LogP contribution is 2.21. The first-order chi connectivity index (χ1) is 8.72. The summed E-state index contributed by atoms with van der Waals surface area (Å²) in [6.45, 7) is 4.09. The number of rotatable bonds is 3. The summed E-state index contributed by atoms with van der Waals surface area (Å²) in [7, 11) is 0. The van der Waals surface area contributed by atoms with Crippen molar-refractivity contribution in [1.82, 2.24) is 15.5 Å². The summed E-state index contributed by atoms with van der Waals surface area (Å²) in [5, 5.41) is 10.3. The van der Waals surface area contributed by atoms with Crippen molar-refractivity contribution in [3.8, 4) is 0 Å². The summed E-state index contributed by atoms with van der Waals surface area (Å²) >= 11 is 0. The van der Waals surface area contributed by atoms with Gasteiger partial charge in [0.15, 0.2) is 5.69 Å². The number of aryl methyl sites for hydroxylation is 1. The van der Waals surface area contributed by atoms with Crippen LogP contribution in [0.1, 0.15) is 67.7 Å². The Kier molecular flexibility index (Phi) is 4.39. The normalized spacial score (nSPS) is 17.4. The molecule has 0 saturated carbocycles. The minimum absolute atomic E-state index is 0.0255. The van der Waals surface area contributed by atoms with Gasteiger partial charge in [-0.05, 0) is 39.0 Å². The largest absolute Gasteiger partial charge is 0.348 e. The van der Waals surface area contributed by atoms with Crippen LogP contribution in [0.15, 0.2) is 0 Å². The van der Waals surface area contributed by atoms with Gasteiger partial charge in [-0.3, -0.25) is 9.89 Å². The maximum atomic E-state index is 12.2. The van der Waals surface area contributed by atoms with Crippen molar-refractivity contribution in [2.24, 2.45) is 0 Å². The predicted molar refractivity (Wildman–Crippen MR) is 71.7 cm³/mol. The van der Waals surface area contributed by atoms with Crippen LogP contribution < -0.4 is 5.32 Å². The number of aromatic nitrogens is 2. The number of amides is 1. The van der Waals surface area contributed by atoms with Crippen molar-refractivity contribution >= 4 is 5.91 Å². The SMILES string of the molecule is CC[C@H](C)NC(=O)c1n[nH]c2c1CCCCCC2. The molecule has 4 heteroatoms. The van der Waals surface area contributed by atoms with E-state index in [9.17, 15) is 4.79 Å². The molecule has 1 amide bonds. The van der Waals surface area contributed by atoms with E-state index in [2.05, 4.69) is 22.4 Å². The second-order valence-corrected chi connectivity index (χ2v) is 5.23. The summed E-state index contributed by atoms with van der Waals surface area (Å²) in [4.78, 5) is 12.2. The number of hydrogen-bond acceptors (Lipinski definition) is 2. The number of carbonyl (C=O) groups excluding carboxylic acids is 1. The number of carbonyl (C=O) groups is 1. The Labute approximate surface area is 109 Å². The molecule has 1 heterocycles. The molecule has 100 valence electrons. The van der Waals surface area contributed by atoms with Gasteiger partial charge in [0.05, 0.1) is 0 Å². The van der Waals surface area contributed by atoms with E-state index >= 15 is 0 Å². The Morgan fingerprint density at radius 1 is 1.33 bits per heavy atom. The molecule has 2 rings (SSSR count). The lowest BCUT2D eigenvalue weighted by Gasteiger charge is -2.12. The van der Waals surface area contributed by atoms with Crippen LogP contribution in [0.3, 0.4) is 0 Å². The molecule has 0 saturated heterocycles. The molecular weight excluding hydrogens is 226 g/mol. The molecule has 2 N–H and O–H groups in total. The van der Waals surface area contributed by atoms with Crippen molar-refractivity contribution in [2.45, 2.75) is 64.8 Å². The second-order valence-electron chi connectivity index (χ2n) is 5.23.